The van der Waals surface area contributed by atoms with Crippen LogP contribution < -0.4 is 5.32 Å². The summed E-state index contributed by atoms with van der Waals surface area (Å²) in [4.78, 5) is 65.5. The number of benzene rings is 4. The summed E-state index contributed by atoms with van der Waals surface area (Å²) < 4.78 is 29.3. The third-order valence-corrected chi connectivity index (χ3v) is 7.14. The number of nitrogens with one attached hydrogen (secondary N) is 1. The number of hydrogen-bond acceptors (Lipinski definition) is 10. The smallest absolute Gasteiger partial charge is 0.340 e. The number of hydrogen-bond donors (Lipinski definition) is 1. The highest BCUT2D eigenvalue weighted by Gasteiger charge is 2.53. The van der Waals surface area contributed by atoms with Gasteiger partial charge >= 0.3 is 23.9 Å². The Morgan fingerprint density at radius 2 is 0.936 bits per heavy atom. The summed E-state index contributed by atoms with van der Waals surface area (Å²) in [6, 6.07) is 30.9. The number of carbonyl (C=O) groups is 5. The van der Waals surface area contributed by atoms with Gasteiger partial charge in [0.15, 0.2) is 12.2 Å². The van der Waals surface area contributed by atoms with Crippen molar-refractivity contribution in [2.24, 2.45) is 0 Å². The van der Waals surface area contributed by atoms with E-state index in [2.05, 4.69) is 5.32 Å². The second kappa shape index (κ2) is 15.5. The van der Waals surface area contributed by atoms with Gasteiger partial charge in [0.25, 0.3) is 0 Å². The van der Waals surface area contributed by atoms with Crippen molar-refractivity contribution in [1.29, 1.82) is 0 Å². The molecule has 0 saturated carbocycles. The molecule has 1 aliphatic rings. The summed E-state index contributed by atoms with van der Waals surface area (Å²) >= 11 is 0. The van der Waals surface area contributed by atoms with E-state index >= 15 is 0 Å². The van der Waals surface area contributed by atoms with Gasteiger partial charge in [-0.05, 0) is 48.5 Å². The normalized spacial score (nSPS) is 20.2. The second-order valence-electron chi connectivity index (χ2n) is 10.5. The van der Waals surface area contributed by atoms with E-state index in [4.69, 9.17) is 23.7 Å². The molecule has 1 saturated heterocycles. The lowest BCUT2D eigenvalue weighted by molar-refractivity contribution is -0.252. The van der Waals surface area contributed by atoms with E-state index in [0.29, 0.717) is 0 Å². The van der Waals surface area contributed by atoms with Gasteiger partial charge in [-0.25, -0.2) is 19.2 Å². The Hall–Kier alpha value is -5.81. The van der Waals surface area contributed by atoms with Crippen molar-refractivity contribution in [3.8, 4) is 0 Å². The summed E-state index contributed by atoms with van der Waals surface area (Å²) in [6.07, 6.45) is -5.85. The number of ether oxygens (including phenoxy) is 5. The maximum Gasteiger partial charge on any atom is 0.340 e. The van der Waals surface area contributed by atoms with Crippen LogP contribution in [-0.4, -0.2) is 67.0 Å². The SMILES string of the molecule is CC(=O)NC1[C@H](OC(=O)c2ccccc2)OC(COC(=O)c2ccccc2)[C@@H](OC(=O)c2ccccc2)[C@@H]1OC(=O)c1ccccc1. The topological polar surface area (TPSA) is 144 Å². The van der Waals surface area contributed by atoms with Crippen LogP contribution in [0.1, 0.15) is 48.4 Å². The van der Waals surface area contributed by atoms with Crippen LogP contribution in [0, 0.1) is 0 Å². The Balaban J connectivity index is 1.53. The molecule has 4 aromatic rings. The lowest BCUT2D eigenvalue weighted by Crippen LogP contribution is -2.67. The van der Waals surface area contributed by atoms with Crippen LogP contribution in [-0.2, 0) is 28.5 Å². The maximum atomic E-state index is 13.4. The van der Waals surface area contributed by atoms with Crippen molar-refractivity contribution >= 4 is 29.8 Å². The molecule has 11 heteroatoms. The molecule has 11 nitrogen and oxygen atoms in total. The van der Waals surface area contributed by atoms with Crippen LogP contribution in [0.4, 0.5) is 0 Å². The van der Waals surface area contributed by atoms with Crippen LogP contribution in [0.25, 0.3) is 0 Å². The molecule has 0 radical (unpaired) electrons. The fourth-order valence-electron chi connectivity index (χ4n) is 4.90. The minimum absolute atomic E-state index is 0.165. The number of amides is 1. The van der Waals surface area contributed by atoms with Gasteiger partial charge in [0, 0.05) is 6.92 Å². The molecular formula is C36H31NO10. The van der Waals surface area contributed by atoms with Gasteiger partial charge in [-0.3, -0.25) is 4.79 Å². The van der Waals surface area contributed by atoms with Gasteiger partial charge in [0.05, 0.1) is 22.3 Å². The third kappa shape index (κ3) is 8.47. The average molecular weight is 638 g/mol. The van der Waals surface area contributed by atoms with Crippen LogP contribution in [0.5, 0.6) is 0 Å². The minimum Gasteiger partial charge on any atom is -0.459 e. The molecule has 5 rings (SSSR count). The molecule has 1 fully saturated rings. The van der Waals surface area contributed by atoms with E-state index in [1.54, 1.807) is 84.9 Å². The van der Waals surface area contributed by atoms with Gasteiger partial charge in [0.1, 0.15) is 18.8 Å². The second-order valence-corrected chi connectivity index (χ2v) is 10.5. The lowest BCUT2D eigenvalue weighted by Gasteiger charge is -2.44. The van der Waals surface area contributed by atoms with E-state index in [1.165, 1.54) is 43.3 Å². The van der Waals surface area contributed by atoms with Crippen molar-refractivity contribution in [2.75, 3.05) is 6.61 Å². The Morgan fingerprint density at radius 1 is 0.553 bits per heavy atom. The first-order valence-corrected chi connectivity index (χ1v) is 14.7. The largest absolute Gasteiger partial charge is 0.459 e. The van der Waals surface area contributed by atoms with Crippen molar-refractivity contribution in [3.63, 3.8) is 0 Å². The minimum atomic E-state index is -1.58. The van der Waals surface area contributed by atoms with Gasteiger partial charge in [-0.1, -0.05) is 72.8 Å². The predicted molar refractivity (Wildman–Crippen MR) is 166 cm³/mol. The van der Waals surface area contributed by atoms with Crippen molar-refractivity contribution in [3.05, 3.63) is 144 Å². The summed E-state index contributed by atoms with van der Waals surface area (Å²) in [5.74, 6) is -3.72. The summed E-state index contributed by atoms with van der Waals surface area (Å²) in [6.45, 7) is 0.705. The van der Waals surface area contributed by atoms with E-state index in [0.717, 1.165) is 0 Å². The van der Waals surface area contributed by atoms with Crippen LogP contribution in [0.2, 0.25) is 0 Å². The standard InChI is InChI=1S/C36H31NO10/c1-23(38)37-29-31(46-34(41)26-18-10-4-11-19-26)30(45-33(40)25-16-8-3-9-17-25)28(22-43-32(39)24-14-6-2-7-15-24)44-36(29)47-35(42)27-20-12-5-13-21-27/h2-21,28-31,36H,22H2,1H3,(H,37,38)/t28?,29?,30-,31-,36+/m1/s1. The van der Waals surface area contributed by atoms with Gasteiger partial charge in [0.2, 0.25) is 12.2 Å². The molecule has 1 heterocycles. The monoisotopic (exact) mass is 637 g/mol. The first-order valence-electron chi connectivity index (χ1n) is 14.7. The zero-order valence-electron chi connectivity index (χ0n) is 25.2. The lowest BCUT2D eigenvalue weighted by atomic mass is 9.95. The van der Waals surface area contributed by atoms with Crippen LogP contribution in [0.3, 0.4) is 0 Å². The molecule has 0 aromatic heterocycles. The molecule has 2 unspecified atom stereocenters. The summed E-state index contributed by atoms with van der Waals surface area (Å²) in [7, 11) is 0. The molecule has 1 N–H and O–H groups in total. The Kier molecular flexibility index (Phi) is 10.7. The van der Waals surface area contributed by atoms with Crippen molar-refractivity contribution in [2.45, 2.75) is 37.6 Å². The highest BCUT2D eigenvalue weighted by Crippen LogP contribution is 2.30. The Labute approximate surface area is 270 Å². The fourth-order valence-corrected chi connectivity index (χ4v) is 4.90. The van der Waals surface area contributed by atoms with E-state index in [9.17, 15) is 24.0 Å². The van der Waals surface area contributed by atoms with Crippen molar-refractivity contribution in [1.82, 2.24) is 5.32 Å². The van der Waals surface area contributed by atoms with E-state index in [-0.39, 0.29) is 22.3 Å². The number of carbonyl (C=O) groups excluding carboxylic acids is 5. The third-order valence-electron chi connectivity index (χ3n) is 7.14. The highest BCUT2D eigenvalue weighted by atomic mass is 16.7. The van der Waals surface area contributed by atoms with E-state index in [1.807, 2.05) is 0 Å². The van der Waals surface area contributed by atoms with Gasteiger partial charge in [-0.2, -0.15) is 0 Å². The van der Waals surface area contributed by atoms with Gasteiger partial charge in [-0.15, -0.1) is 0 Å². The zero-order valence-corrected chi connectivity index (χ0v) is 25.2. The molecule has 1 aliphatic heterocycles. The van der Waals surface area contributed by atoms with Gasteiger partial charge < -0.3 is 29.0 Å². The molecule has 0 aliphatic carbocycles. The average Bonchev–Trinajstić information content (AvgIpc) is 3.11. The molecule has 0 spiro atoms. The molecular weight excluding hydrogens is 606 g/mol. The predicted octanol–water partition coefficient (Wildman–Crippen LogP) is 4.38. The molecule has 240 valence electrons. The molecule has 0 bridgehead atoms. The van der Waals surface area contributed by atoms with E-state index < -0.39 is 67.0 Å². The highest BCUT2D eigenvalue weighted by molar-refractivity contribution is 5.91. The fraction of sp³-hybridized carbons (Fsp3) is 0.194. The first-order chi connectivity index (χ1) is 22.8. The zero-order chi connectivity index (χ0) is 33.2. The molecule has 4 aromatic carbocycles. The molecule has 1 amide bonds. The van der Waals surface area contributed by atoms with Crippen molar-refractivity contribution < 1.29 is 47.7 Å². The maximum absolute atomic E-state index is 13.4. The quantitative estimate of drug-likeness (QED) is 0.197. The molecule has 5 atom stereocenters. The first kappa shape index (κ1) is 32.6. The molecule has 47 heavy (non-hydrogen) atoms. The summed E-state index contributed by atoms with van der Waals surface area (Å²) in [5.41, 5.74) is 0.768. The number of esters is 4. The van der Waals surface area contributed by atoms with Crippen LogP contribution in [0.15, 0.2) is 121 Å². The number of rotatable bonds is 10. The van der Waals surface area contributed by atoms with Crippen LogP contribution >= 0.6 is 0 Å². The Morgan fingerprint density at radius 3 is 1.36 bits per heavy atom. The summed E-state index contributed by atoms with van der Waals surface area (Å²) in [5, 5.41) is 2.63. The Bertz CT molecular complexity index is 1680.